The second-order valence-corrected chi connectivity index (χ2v) is 9.57. The Kier molecular flexibility index (Phi) is 4.94. The lowest BCUT2D eigenvalue weighted by Gasteiger charge is -2.33. The molecule has 0 aromatic heterocycles. The van der Waals surface area contributed by atoms with Crippen molar-refractivity contribution in [2.45, 2.75) is 63.6 Å². The van der Waals surface area contributed by atoms with Gasteiger partial charge in [-0.1, -0.05) is 6.07 Å². The number of fused-ring (bicyclic) bond motifs is 3. The Morgan fingerprint density at radius 2 is 1.84 bits per heavy atom. The standard InChI is InChI=1S/C23H28N4O4/c24-18(23-7-5-13(10-23)6-8-23)12-25-11-14-1-2-15-16(9-14)22(31)27(21(15)30)17-3-4-19(28)26-20(17)29/h1-2,9,13,17-18,25H,3-8,10-12,24H2,(H,26,28,29). The monoisotopic (exact) mass is 424 g/mol. The summed E-state index contributed by atoms with van der Waals surface area (Å²) in [5.41, 5.74) is 8.34. The Morgan fingerprint density at radius 1 is 1.10 bits per heavy atom. The van der Waals surface area contributed by atoms with Crippen molar-refractivity contribution in [3.63, 3.8) is 0 Å². The highest BCUT2D eigenvalue weighted by Gasteiger charge is 2.48. The molecule has 2 atom stereocenters. The predicted octanol–water partition coefficient (Wildman–Crippen LogP) is 1.08. The Morgan fingerprint density at radius 3 is 2.52 bits per heavy atom. The van der Waals surface area contributed by atoms with Gasteiger partial charge in [-0.25, -0.2) is 0 Å². The number of benzene rings is 1. The van der Waals surface area contributed by atoms with Crippen LogP contribution in [0, 0.1) is 11.3 Å². The molecule has 2 bridgehead atoms. The number of piperidine rings is 1. The van der Waals surface area contributed by atoms with Gasteiger partial charge in [-0.05, 0) is 67.6 Å². The molecule has 31 heavy (non-hydrogen) atoms. The molecule has 3 fully saturated rings. The third-order valence-electron chi connectivity index (χ3n) is 7.78. The van der Waals surface area contributed by atoms with Gasteiger partial charge in [0.25, 0.3) is 11.8 Å². The zero-order valence-electron chi connectivity index (χ0n) is 17.5. The first-order chi connectivity index (χ1) is 14.9. The number of carbonyl (C=O) groups is 4. The maximum absolute atomic E-state index is 12.9. The second-order valence-electron chi connectivity index (χ2n) is 9.57. The number of nitrogens with one attached hydrogen (secondary N) is 2. The molecule has 8 heteroatoms. The van der Waals surface area contributed by atoms with Crippen molar-refractivity contribution in [2.24, 2.45) is 17.1 Å². The maximum Gasteiger partial charge on any atom is 0.262 e. The average molecular weight is 425 g/mol. The summed E-state index contributed by atoms with van der Waals surface area (Å²) in [7, 11) is 0. The van der Waals surface area contributed by atoms with Crippen LogP contribution in [0.2, 0.25) is 0 Å². The summed E-state index contributed by atoms with van der Waals surface area (Å²) in [6, 6.07) is 4.39. The Hall–Kier alpha value is -2.58. The highest BCUT2D eigenvalue weighted by molar-refractivity contribution is 6.23. The molecule has 2 unspecified atom stereocenters. The van der Waals surface area contributed by atoms with Gasteiger partial charge in [0.05, 0.1) is 11.1 Å². The van der Waals surface area contributed by atoms with Crippen LogP contribution in [-0.4, -0.2) is 47.2 Å². The molecule has 5 rings (SSSR count). The molecule has 0 spiro atoms. The molecule has 2 heterocycles. The fourth-order valence-corrected chi connectivity index (χ4v) is 5.97. The van der Waals surface area contributed by atoms with E-state index < -0.39 is 23.8 Å². The lowest BCUT2D eigenvalue weighted by atomic mass is 9.77. The van der Waals surface area contributed by atoms with Crippen molar-refractivity contribution < 1.29 is 19.2 Å². The van der Waals surface area contributed by atoms with Crippen LogP contribution < -0.4 is 16.4 Å². The molecule has 4 amide bonds. The van der Waals surface area contributed by atoms with Gasteiger partial charge in [0.1, 0.15) is 6.04 Å². The zero-order chi connectivity index (χ0) is 21.8. The lowest BCUT2D eigenvalue weighted by molar-refractivity contribution is -0.136. The first kappa shape index (κ1) is 20.3. The predicted molar refractivity (Wildman–Crippen MR) is 112 cm³/mol. The minimum Gasteiger partial charge on any atom is -0.326 e. The quantitative estimate of drug-likeness (QED) is 0.588. The molecule has 1 aromatic rings. The molecule has 4 aliphatic rings. The summed E-state index contributed by atoms with van der Waals surface area (Å²) in [5.74, 6) is -1.07. The van der Waals surface area contributed by atoms with Crippen molar-refractivity contribution in [1.29, 1.82) is 0 Å². The van der Waals surface area contributed by atoms with Crippen LogP contribution in [0.15, 0.2) is 18.2 Å². The lowest BCUT2D eigenvalue weighted by Crippen LogP contribution is -2.54. The van der Waals surface area contributed by atoms with Crippen molar-refractivity contribution in [3.8, 4) is 0 Å². The van der Waals surface area contributed by atoms with E-state index in [-0.39, 0.29) is 24.8 Å². The molecule has 8 nitrogen and oxygen atoms in total. The first-order valence-electron chi connectivity index (χ1n) is 11.2. The number of nitrogens with zero attached hydrogens (tertiary/aromatic N) is 1. The van der Waals surface area contributed by atoms with E-state index in [9.17, 15) is 19.2 Å². The summed E-state index contributed by atoms with van der Waals surface area (Å²) in [4.78, 5) is 50.3. The van der Waals surface area contributed by atoms with Gasteiger partial charge in [-0.2, -0.15) is 0 Å². The molecule has 0 radical (unpaired) electrons. The highest BCUT2D eigenvalue weighted by Crippen LogP contribution is 2.55. The molecule has 2 aliphatic carbocycles. The van der Waals surface area contributed by atoms with E-state index >= 15 is 0 Å². The topological polar surface area (TPSA) is 122 Å². The van der Waals surface area contributed by atoms with E-state index in [2.05, 4.69) is 10.6 Å². The highest BCUT2D eigenvalue weighted by atomic mass is 16.2. The van der Waals surface area contributed by atoms with Gasteiger partial charge in [-0.15, -0.1) is 0 Å². The zero-order valence-corrected chi connectivity index (χ0v) is 17.5. The van der Waals surface area contributed by atoms with Gasteiger partial charge in [0.2, 0.25) is 11.8 Å². The van der Waals surface area contributed by atoms with Crippen LogP contribution in [0.3, 0.4) is 0 Å². The minimum absolute atomic E-state index is 0.113. The van der Waals surface area contributed by atoms with Gasteiger partial charge < -0.3 is 11.1 Å². The third kappa shape index (κ3) is 3.38. The molecule has 1 aromatic carbocycles. The van der Waals surface area contributed by atoms with Gasteiger partial charge >= 0.3 is 0 Å². The largest absolute Gasteiger partial charge is 0.326 e. The minimum atomic E-state index is -0.939. The Bertz CT molecular complexity index is 966. The molecule has 2 saturated carbocycles. The normalized spacial score (nSPS) is 30.7. The molecule has 4 N–H and O–H groups in total. The van der Waals surface area contributed by atoms with Crippen LogP contribution in [0.1, 0.15) is 71.2 Å². The van der Waals surface area contributed by atoms with E-state index in [0.29, 0.717) is 23.1 Å². The number of carbonyl (C=O) groups excluding carboxylic acids is 4. The van der Waals surface area contributed by atoms with Gasteiger partial charge in [0.15, 0.2) is 0 Å². The Balaban J connectivity index is 1.24. The number of amides is 4. The number of imide groups is 2. The summed E-state index contributed by atoms with van der Waals surface area (Å²) in [6.45, 7) is 1.28. The van der Waals surface area contributed by atoms with Crippen LogP contribution in [0.4, 0.5) is 0 Å². The van der Waals surface area contributed by atoms with E-state index in [0.717, 1.165) is 22.9 Å². The van der Waals surface area contributed by atoms with Crippen LogP contribution in [0.5, 0.6) is 0 Å². The number of hydrogen-bond acceptors (Lipinski definition) is 6. The van der Waals surface area contributed by atoms with Crippen LogP contribution in [-0.2, 0) is 16.1 Å². The SMILES string of the molecule is NC(CNCc1ccc2c(c1)C(=O)N(C1CCC(=O)NC1=O)C2=O)C12CCC(CC1)C2. The number of rotatable bonds is 6. The summed E-state index contributed by atoms with van der Waals surface area (Å²) >= 11 is 0. The fourth-order valence-electron chi connectivity index (χ4n) is 5.97. The van der Waals surface area contributed by atoms with E-state index in [1.807, 2.05) is 6.07 Å². The summed E-state index contributed by atoms with van der Waals surface area (Å²) < 4.78 is 0. The molecular weight excluding hydrogens is 396 g/mol. The van der Waals surface area contributed by atoms with Crippen molar-refractivity contribution in [1.82, 2.24) is 15.5 Å². The Labute approximate surface area is 180 Å². The fraction of sp³-hybridized carbons (Fsp3) is 0.565. The van der Waals surface area contributed by atoms with Crippen molar-refractivity contribution in [2.75, 3.05) is 6.54 Å². The summed E-state index contributed by atoms with van der Waals surface area (Å²) in [5, 5.41) is 5.64. The first-order valence-corrected chi connectivity index (χ1v) is 11.2. The van der Waals surface area contributed by atoms with E-state index in [4.69, 9.17) is 5.73 Å². The van der Waals surface area contributed by atoms with Crippen molar-refractivity contribution >= 4 is 23.6 Å². The van der Waals surface area contributed by atoms with Crippen molar-refractivity contribution in [3.05, 3.63) is 34.9 Å². The van der Waals surface area contributed by atoms with Crippen LogP contribution >= 0.6 is 0 Å². The molecular formula is C23H28N4O4. The van der Waals surface area contributed by atoms with E-state index in [1.54, 1.807) is 12.1 Å². The number of nitrogens with two attached hydrogens (primary N) is 1. The van der Waals surface area contributed by atoms with E-state index in [1.165, 1.54) is 32.1 Å². The molecule has 1 saturated heterocycles. The van der Waals surface area contributed by atoms with Crippen LogP contribution in [0.25, 0.3) is 0 Å². The number of hydrogen-bond donors (Lipinski definition) is 3. The molecule has 164 valence electrons. The maximum atomic E-state index is 12.9. The van der Waals surface area contributed by atoms with Gasteiger partial charge in [-0.3, -0.25) is 29.4 Å². The van der Waals surface area contributed by atoms with Gasteiger partial charge in [0, 0.05) is 25.6 Å². The third-order valence-corrected chi connectivity index (χ3v) is 7.78. The summed E-state index contributed by atoms with van der Waals surface area (Å²) in [6.07, 6.45) is 6.59. The average Bonchev–Trinajstić information content (AvgIpc) is 3.43. The smallest absolute Gasteiger partial charge is 0.262 e. The molecule has 2 aliphatic heterocycles. The second kappa shape index (κ2) is 7.53.